The van der Waals surface area contributed by atoms with Crippen LogP contribution in [0.4, 0.5) is 11.4 Å². The maximum Gasteiger partial charge on any atom is 0.325 e. The van der Waals surface area contributed by atoms with Crippen molar-refractivity contribution >= 4 is 29.2 Å². The van der Waals surface area contributed by atoms with Crippen molar-refractivity contribution < 1.29 is 24.0 Å². The Labute approximate surface area is 154 Å². The minimum absolute atomic E-state index is 0.106. The molecule has 0 aliphatic rings. The number of nitro groups is 1. The summed E-state index contributed by atoms with van der Waals surface area (Å²) in [4.78, 5) is 45.0. The van der Waals surface area contributed by atoms with Crippen LogP contribution in [0.15, 0.2) is 54.6 Å². The third-order valence-electron chi connectivity index (χ3n) is 3.36. The number of anilines is 1. The van der Waals surface area contributed by atoms with E-state index in [4.69, 9.17) is 4.74 Å². The first-order valence-electron chi connectivity index (χ1n) is 7.94. The van der Waals surface area contributed by atoms with Gasteiger partial charge in [-0.1, -0.05) is 30.3 Å². The molecule has 9 heteroatoms. The van der Waals surface area contributed by atoms with Crippen LogP contribution in [0.5, 0.6) is 0 Å². The predicted octanol–water partition coefficient (Wildman–Crippen LogP) is 1.44. The molecule has 0 aliphatic carbocycles. The number of hydrogen-bond donors (Lipinski definition) is 2. The van der Waals surface area contributed by atoms with Gasteiger partial charge < -0.3 is 15.4 Å². The van der Waals surface area contributed by atoms with E-state index in [2.05, 4.69) is 10.6 Å². The molecular weight excluding hydrogens is 354 g/mol. The van der Waals surface area contributed by atoms with Crippen molar-refractivity contribution in [1.29, 1.82) is 0 Å². The maximum atomic E-state index is 11.7. The molecule has 0 saturated carbocycles. The molecule has 9 nitrogen and oxygen atoms in total. The van der Waals surface area contributed by atoms with Gasteiger partial charge in [0.15, 0.2) is 6.61 Å². The van der Waals surface area contributed by atoms with Crippen LogP contribution in [0.25, 0.3) is 0 Å². The monoisotopic (exact) mass is 371 g/mol. The SMILES string of the molecule is O=C(Cc1ccccc1)NCC(=O)OCC(=O)Nc1ccc([N+](=O)[O-])cc1. The molecule has 0 unspecified atom stereocenters. The number of carbonyl (C=O) groups excluding carboxylic acids is 3. The van der Waals surface area contributed by atoms with Crippen molar-refractivity contribution in [1.82, 2.24) is 5.32 Å². The summed E-state index contributed by atoms with van der Waals surface area (Å²) in [7, 11) is 0. The van der Waals surface area contributed by atoms with Crippen LogP contribution in [-0.2, 0) is 25.5 Å². The lowest BCUT2D eigenvalue weighted by atomic mass is 10.1. The van der Waals surface area contributed by atoms with Gasteiger partial charge in [-0.2, -0.15) is 0 Å². The van der Waals surface area contributed by atoms with Gasteiger partial charge in [-0.05, 0) is 17.7 Å². The lowest BCUT2D eigenvalue weighted by molar-refractivity contribution is -0.384. The van der Waals surface area contributed by atoms with Gasteiger partial charge >= 0.3 is 5.97 Å². The molecular formula is C18H17N3O6. The van der Waals surface area contributed by atoms with Crippen LogP contribution in [0.1, 0.15) is 5.56 Å². The normalized spacial score (nSPS) is 9.93. The van der Waals surface area contributed by atoms with Gasteiger partial charge in [0.2, 0.25) is 5.91 Å². The highest BCUT2D eigenvalue weighted by Gasteiger charge is 2.11. The van der Waals surface area contributed by atoms with Gasteiger partial charge in [-0.25, -0.2) is 0 Å². The Kier molecular flexibility index (Phi) is 7.00. The molecule has 140 valence electrons. The molecule has 0 aromatic heterocycles. The second kappa shape index (κ2) is 9.66. The highest BCUT2D eigenvalue weighted by molar-refractivity contribution is 5.93. The van der Waals surface area contributed by atoms with Crippen molar-refractivity contribution in [2.45, 2.75) is 6.42 Å². The number of non-ortho nitro benzene ring substituents is 1. The highest BCUT2D eigenvalue weighted by atomic mass is 16.6. The summed E-state index contributed by atoms with van der Waals surface area (Å²) in [6.07, 6.45) is 0.134. The second-order valence-electron chi connectivity index (χ2n) is 5.45. The zero-order valence-electron chi connectivity index (χ0n) is 14.2. The molecule has 2 amide bonds. The van der Waals surface area contributed by atoms with E-state index >= 15 is 0 Å². The number of esters is 1. The molecule has 0 heterocycles. The number of carbonyl (C=O) groups is 3. The van der Waals surface area contributed by atoms with Crippen LogP contribution in [0, 0.1) is 10.1 Å². The summed E-state index contributed by atoms with van der Waals surface area (Å²) < 4.78 is 4.76. The summed E-state index contributed by atoms with van der Waals surface area (Å²) in [6.45, 7) is -0.888. The minimum Gasteiger partial charge on any atom is -0.454 e. The summed E-state index contributed by atoms with van der Waals surface area (Å²) in [5, 5.41) is 15.4. The molecule has 0 aliphatic heterocycles. The molecule has 2 rings (SSSR count). The zero-order valence-corrected chi connectivity index (χ0v) is 14.2. The Bertz CT molecular complexity index is 821. The summed E-state index contributed by atoms with van der Waals surface area (Å²) in [6, 6.07) is 14.2. The molecule has 0 radical (unpaired) electrons. The lowest BCUT2D eigenvalue weighted by Gasteiger charge is -2.07. The number of rotatable bonds is 8. The number of nitrogens with one attached hydrogen (secondary N) is 2. The standard InChI is InChI=1S/C18H17N3O6/c22-16(10-13-4-2-1-3-5-13)19-11-18(24)27-12-17(23)20-14-6-8-15(9-7-14)21(25)26/h1-9H,10-12H2,(H,19,22)(H,20,23). The van der Waals surface area contributed by atoms with Gasteiger partial charge in [0.25, 0.3) is 11.6 Å². The topological polar surface area (TPSA) is 128 Å². The van der Waals surface area contributed by atoms with E-state index in [1.54, 1.807) is 24.3 Å². The molecule has 0 bridgehead atoms. The van der Waals surface area contributed by atoms with Gasteiger partial charge in [0.05, 0.1) is 11.3 Å². The zero-order chi connectivity index (χ0) is 19.6. The lowest BCUT2D eigenvalue weighted by Crippen LogP contribution is -2.33. The first-order chi connectivity index (χ1) is 12.9. The van der Waals surface area contributed by atoms with Crippen molar-refractivity contribution in [3.63, 3.8) is 0 Å². The van der Waals surface area contributed by atoms with E-state index in [0.29, 0.717) is 5.69 Å². The van der Waals surface area contributed by atoms with E-state index in [-0.39, 0.29) is 24.6 Å². The van der Waals surface area contributed by atoms with E-state index in [1.165, 1.54) is 24.3 Å². The van der Waals surface area contributed by atoms with Crippen molar-refractivity contribution in [2.75, 3.05) is 18.5 Å². The molecule has 0 saturated heterocycles. The summed E-state index contributed by atoms with van der Waals surface area (Å²) in [5.74, 6) is -1.70. The predicted molar refractivity (Wildman–Crippen MR) is 95.8 cm³/mol. The Hall–Kier alpha value is -3.75. The minimum atomic E-state index is -0.754. The smallest absolute Gasteiger partial charge is 0.325 e. The average molecular weight is 371 g/mol. The Balaban J connectivity index is 1.67. The number of hydrogen-bond acceptors (Lipinski definition) is 6. The quantitative estimate of drug-likeness (QED) is 0.410. The molecule has 2 aromatic carbocycles. The number of benzene rings is 2. The third kappa shape index (κ3) is 6.94. The fourth-order valence-electron chi connectivity index (χ4n) is 2.08. The summed E-state index contributed by atoms with van der Waals surface area (Å²) in [5.41, 5.74) is 1.04. The van der Waals surface area contributed by atoms with Gasteiger partial charge in [0.1, 0.15) is 6.54 Å². The fourth-order valence-corrected chi connectivity index (χ4v) is 2.08. The van der Waals surface area contributed by atoms with Crippen molar-refractivity contribution in [3.05, 3.63) is 70.3 Å². The largest absolute Gasteiger partial charge is 0.454 e. The van der Waals surface area contributed by atoms with Crippen LogP contribution in [0.3, 0.4) is 0 Å². The van der Waals surface area contributed by atoms with Crippen LogP contribution >= 0.6 is 0 Å². The number of amides is 2. The van der Waals surface area contributed by atoms with Gasteiger partial charge in [-0.3, -0.25) is 24.5 Å². The van der Waals surface area contributed by atoms with Crippen LogP contribution < -0.4 is 10.6 Å². The van der Waals surface area contributed by atoms with Crippen LogP contribution in [0.2, 0.25) is 0 Å². The first kappa shape index (κ1) is 19.6. The van der Waals surface area contributed by atoms with Gasteiger partial charge in [0, 0.05) is 17.8 Å². The van der Waals surface area contributed by atoms with Crippen molar-refractivity contribution in [3.8, 4) is 0 Å². The van der Waals surface area contributed by atoms with Crippen LogP contribution in [-0.4, -0.2) is 35.9 Å². The highest BCUT2D eigenvalue weighted by Crippen LogP contribution is 2.15. The molecule has 0 fully saturated rings. The summed E-state index contributed by atoms with van der Waals surface area (Å²) >= 11 is 0. The van der Waals surface area contributed by atoms with E-state index in [1.807, 2.05) is 6.07 Å². The fraction of sp³-hybridized carbons (Fsp3) is 0.167. The molecule has 2 N–H and O–H groups in total. The van der Waals surface area contributed by atoms with Crippen molar-refractivity contribution in [2.24, 2.45) is 0 Å². The van der Waals surface area contributed by atoms with E-state index in [9.17, 15) is 24.5 Å². The number of nitrogens with zero attached hydrogens (tertiary/aromatic N) is 1. The first-order valence-corrected chi connectivity index (χ1v) is 7.94. The Morgan fingerprint density at radius 3 is 2.26 bits per heavy atom. The average Bonchev–Trinajstić information content (AvgIpc) is 2.66. The van der Waals surface area contributed by atoms with Gasteiger partial charge in [-0.15, -0.1) is 0 Å². The number of nitro benzene ring substituents is 1. The molecule has 27 heavy (non-hydrogen) atoms. The third-order valence-corrected chi connectivity index (χ3v) is 3.36. The molecule has 0 spiro atoms. The Morgan fingerprint density at radius 1 is 0.963 bits per heavy atom. The molecule has 0 atom stereocenters. The Morgan fingerprint density at radius 2 is 1.63 bits per heavy atom. The van der Waals surface area contributed by atoms with E-state index < -0.39 is 23.4 Å². The number of ether oxygens (including phenoxy) is 1. The van der Waals surface area contributed by atoms with E-state index in [0.717, 1.165) is 5.56 Å². The molecule has 2 aromatic rings. The second-order valence-corrected chi connectivity index (χ2v) is 5.45. The maximum absolute atomic E-state index is 11.7.